The van der Waals surface area contributed by atoms with Crippen molar-refractivity contribution in [2.75, 3.05) is 12.4 Å². The Bertz CT molecular complexity index is 1110. The van der Waals surface area contributed by atoms with Gasteiger partial charge in [0.25, 0.3) is 0 Å². The highest BCUT2D eigenvalue weighted by molar-refractivity contribution is 5.93. The summed E-state index contributed by atoms with van der Waals surface area (Å²) < 4.78 is 34.9. The van der Waals surface area contributed by atoms with Crippen LogP contribution >= 0.6 is 0 Å². The van der Waals surface area contributed by atoms with Gasteiger partial charge < -0.3 is 14.8 Å². The first-order chi connectivity index (χ1) is 15.5. The summed E-state index contributed by atoms with van der Waals surface area (Å²) in [6, 6.07) is 11.7. The van der Waals surface area contributed by atoms with E-state index in [-0.39, 0.29) is 5.75 Å². The fourth-order valence-corrected chi connectivity index (χ4v) is 2.78. The first kappa shape index (κ1) is 24.5. The number of methoxy groups -OCH3 is 1. The second-order valence-electron chi connectivity index (χ2n) is 6.16. The molecule has 3 rings (SSSR count). The van der Waals surface area contributed by atoms with Gasteiger partial charge in [-0.2, -0.15) is 8.78 Å². The quantitative estimate of drug-likeness (QED) is 0.378. The zero-order valence-electron chi connectivity index (χ0n) is 18.6. The molecule has 1 aromatic heterocycles. The Labute approximate surface area is 187 Å². The van der Waals surface area contributed by atoms with Gasteiger partial charge in [-0.25, -0.2) is 9.97 Å². The summed E-state index contributed by atoms with van der Waals surface area (Å²) in [6.45, 7) is 6.85. The smallest absolute Gasteiger partial charge is 0.387 e. The number of ether oxygens (including phenoxy) is 2. The second kappa shape index (κ2) is 12.2. The normalized spacial score (nSPS) is 11.3. The van der Waals surface area contributed by atoms with Crippen LogP contribution in [0.5, 0.6) is 11.5 Å². The fraction of sp³-hybridized carbons (Fsp3) is 0.200. The number of halogens is 2. The standard InChI is InChI=1S/C23H21F2N3O2.C2H6/c1-4-6-8-15(5-2)21-27-20-14-17(29-3)11-12-19(20)22(28-21)26-16-9-7-10-18(13-16)30-23(24)25;1-2/h4-14,23H,2H2,1,3H3,(H,26,27,28);1-2H3/b6-4-,15-8+;. The lowest BCUT2D eigenvalue weighted by Gasteiger charge is -2.13. The summed E-state index contributed by atoms with van der Waals surface area (Å²) >= 11 is 0. The van der Waals surface area contributed by atoms with Crippen LogP contribution in [0.15, 0.2) is 73.3 Å². The maximum Gasteiger partial charge on any atom is 0.387 e. The lowest BCUT2D eigenvalue weighted by Crippen LogP contribution is -2.03. The highest BCUT2D eigenvalue weighted by Gasteiger charge is 2.12. The molecule has 168 valence electrons. The van der Waals surface area contributed by atoms with E-state index in [9.17, 15) is 8.78 Å². The molecule has 0 unspecified atom stereocenters. The summed E-state index contributed by atoms with van der Waals surface area (Å²) in [5, 5.41) is 3.92. The van der Waals surface area contributed by atoms with Gasteiger partial charge >= 0.3 is 6.61 Å². The van der Waals surface area contributed by atoms with Crippen molar-refractivity contribution in [1.82, 2.24) is 9.97 Å². The molecule has 2 aromatic carbocycles. The predicted octanol–water partition coefficient (Wildman–Crippen LogP) is 7.16. The number of anilines is 2. The Morgan fingerprint density at radius 1 is 1.09 bits per heavy atom. The lowest BCUT2D eigenvalue weighted by molar-refractivity contribution is -0.0498. The molecule has 0 saturated heterocycles. The van der Waals surface area contributed by atoms with Crippen LogP contribution in [-0.2, 0) is 0 Å². The van der Waals surface area contributed by atoms with Crippen LogP contribution in [0.3, 0.4) is 0 Å². The molecular weight excluding hydrogens is 412 g/mol. The third kappa shape index (κ3) is 6.38. The highest BCUT2D eigenvalue weighted by atomic mass is 19.3. The van der Waals surface area contributed by atoms with Gasteiger partial charge in [0.1, 0.15) is 17.3 Å². The maximum absolute atomic E-state index is 12.5. The summed E-state index contributed by atoms with van der Waals surface area (Å²) in [5.74, 6) is 1.68. The molecule has 0 bridgehead atoms. The Balaban J connectivity index is 0.00000176. The monoisotopic (exact) mass is 439 g/mol. The zero-order chi connectivity index (χ0) is 23.5. The van der Waals surface area contributed by atoms with Crippen LogP contribution in [0.25, 0.3) is 16.5 Å². The topological polar surface area (TPSA) is 56.3 Å². The number of allylic oxidation sites excluding steroid dienone is 5. The van der Waals surface area contributed by atoms with Crippen molar-refractivity contribution < 1.29 is 18.3 Å². The van der Waals surface area contributed by atoms with E-state index in [0.29, 0.717) is 28.6 Å². The first-order valence-corrected chi connectivity index (χ1v) is 10.2. The Hall–Kier alpha value is -3.74. The van der Waals surface area contributed by atoms with Gasteiger partial charge in [-0.1, -0.05) is 50.8 Å². The molecule has 0 fully saturated rings. The van der Waals surface area contributed by atoms with Gasteiger partial charge in [0.05, 0.1) is 12.6 Å². The van der Waals surface area contributed by atoms with Crippen molar-refractivity contribution >= 4 is 28.0 Å². The highest BCUT2D eigenvalue weighted by Crippen LogP contribution is 2.30. The van der Waals surface area contributed by atoms with Gasteiger partial charge in [0.2, 0.25) is 0 Å². The van der Waals surface area contributed by atoms with E-state index in [2.05, 4.69) is 26.6 Å². The van der Waals surface area contributed by atoms with Crippen LogP contribution in [0.2, 0.25) is 0 Å². The molecule has 0 aliphatic rings. The average Bonchev–Trinajstić information content (AvgIpc) is 2.80. The number of alkyl halides is 2. The van der Waals surface area contributed by atoms with Gasteiger partial charge in [-0.15, -0.1) is 0 Å². The lowest BCUT2D eigenvalue weighted by atomic mass is 10.1. The number of benzene rings is 2. The largest absolute Gasteiger partial charge is 0.497 e. The van der Waals surface area contributed by atoms with Crippen molar-refractivity contribution in [2.24, 2.45) is 0 Å². The third-order valence-corrected chi connectivity index (χ3v) is 4.17. The fourth-order valence-electron chi connectivity index (χ4n) is 2.78. The van der Waals surface area contributed by atoms with Crippen molar-refractivity contribution in [3.63, 3.8) is 0 Å². The van der Waals surface area contributed by atoms with E-state index in [1.807, 2.05) is 45.1 Å². The number of hydrogen-bond donors (Lipinski definition) is 1. The Morgan fingerprint density at radius 2 is 1.88 bits per heavy atom. The summed E-state index contributed by atoms with van der Waals surface area (Å²) in [4.78, 5) is 9.28. The summed E-state index contributed by atoms with van der Waals surface area (Å²) in [7, 11) is 1.58. The van der Waals surface area contributed by atoms with Crippen LogP contribution in [-0.4, -0.2) is 23.7 Å². The third-order valence-electron chi connectivity index (χ3n) is 4.17. The minimum Gasteiger partial charge on any atom is -0.497 e. The molecule has 0 spiro atoms. The van der Waals surface area contributed by atoms with E-state index < -0.39 is 6.61 Å². The first-order valence-electron chi connectivity index (χ1n) is 10.2. The van der Waals surface area contributed by atoms with E-state index in [1.165, 1.54) is 12.1 Å². The van der Waals surface area contributed by atoms with Crippen molar-refractivity contribution in [3.8, 4) is 11.5 Å². The van der Waals surface area contributed by atoms with E-state index >= 15 is 0 Å². The molecule has 32 heavy (non-hydrogen) atoms. The molecule has 5 nitrogen and oxygen atoms in total. The average molecular weight is 440 g/mol. The van der Waals surface area contributed by atoms with Crippen LogP contribution in [0, 0.1) is 0 Å². The minimum absolute atomic E-state index is 0.0509. The molecule has 1 N–H and O–H groups in total. The molecule has 7 heteroatoms. The number of hydrogen-bond acceptors (Lipinski definition) is 5. The number of fused-ring (bicyclic) bond motifs is 1. The van der Waals surface area contributed by atoms with E-state index in [1.54, 1.807) is 37.5 Å². The van der Waals surface area contributed by atoms with Gasteiger partial charge in [0, 0.05) is 28.8 Å². The van der Waals surface area contributed by atoms with Crippen LogP contribution in [0.1, 0.15) is 26.6 Å². The molecule has 0 amide bonds. The number of aromatic nitrogens is 2. The molecule has 0 saturated carbocycles. The molecule has 3 aromatic rings. The SMILES string of the molecule is C=C/C(=C\C=C/C)c1nc(Nc2cccc(OC(F)F)c2)c2ccc(OC)cc2n1.CC. The van der Waals surface area contributed by atoms with Gasteiger partial charge in [0.15, 0.2) is 5.82 Å². The zero-order valence-corrected chi connectivity index (χ0v) is 18.6. The number of nitrogens with one attached hydrogen (secondary N) is 1. The molecule has 1 heterocycles. The Kier molecular flexibility index (Phi) is 9.35. The van der Waals surface area contributed by atoms with E-state index in [4.69, 9.17) is 4.74 Å². The van der Waals surface area contributed by atoms with Crippen molar-refractivity contribution in [1.29, 1.82) is 0 Å². The van der Waals surface area contributed by atoms with Crippen LogP contribution < -0.4 is 14.8 Å². The van der Waals surface area contributed by atoms with Gasteiger partial charge in [-0.3, -0.25) is 0 Å². The predicted molar refractivity (Wildman–Crippen MR) is 127 cm³/mol. The summed E-state index contributed by atoms with van der Waals surface area (Å²) in [5.41, 5.74) is 1.94. The van der Waals surface area contributed by atoms with Crippen molar-refractivity contribution in [2.45, 2.75) is 27.4 Å². The Morgan fingerprint density at radius 3 is 2.53 bits per heavy atom. The second-order valence-corrected chi connectivity index (χ2v) is 6.16. The number of nitrogens with zero attached hydrogens (tertiary/aromatic N) is 2. The minimum atomic E-state index is -2.90. The number of rotatable bonds is 8. The molecule has 0 atom stereocenters. The summed E-state index contributed by atoms with van der Waals surface area (Å²) in [6.07, 6.45) is 7.28. The maximum atomic E-state index is 12.5. The van der Waals surface area contributed by atoms with Gasteiger partial charge in [-0.05, 0) is 31.2 Å². The molecule has 0 aliphatic heterocycles. The molecular formula is C25H27F2N3O2. The van der Waals surface area contributed by atoms with Crippen LogP contribution in [0.4, 0.5) is 20.3 Å². The molecule has 0 aliphatic carbocycles. The van der Waals surface area contributed by atoms with E-state index in [0.717, 1.165) is 11.0 Å². The van der Waals surface area contributed by atoms with Crippen molar-refractivity contribution in [3.05, 3.63) is 79.2 Å². The molecule has 0 radical (unpaired) electrons.